The predicted octanol–water partition coefficient (Wildman–Crippen LogP) is 2.99. The first-order valence-electron chi connectivity index (χ1n) is 9.13. The lowest BCUT2D eigenvalue weighted by atomic mass is 10.1. The van der Waals surface area contributed by atoms with Crippen molar-refractivity contribution in [1.82, 2.24) is 9.38 Å². The van der Waals surface area contributed by atoms with Gasteiger partial charge < -0.3 is 14.0 Å². The van der Waals surface area contributed by atoms with Crippen molar-refractivity contribution >= 4 is 23.2 Å². The minimum Gasteiger partial charge on any atom is -0.459 e. The van der Waals surface area contributed by atoms with E-state index < -0.39 is 5.92 Å². The van der Waals surface area contributed by atoms with E-state index >= 15 is 0 Å². The van der Waals surface area contributed by atoms with Crippen molar-refractivity contribution in [3.8, 4) is 0 Å². The molecule has 1 aliphatic heterocycles. The van der Waals surface area contributed by atoms with Gasteiger partial charge in [0.05, 0.1) is 11.6 Å². The maximum Gasteiger partial charge on any atom is 0.311 e. The number of ether oxygens (including phenoxy) is 1. The number of aryl methyl sites for hydroxylation is 1. The number of benzene rings is 1. The largest absolute Gasteiger partial charge is 0.459 e. The third kappa shape index (κ3) is 3.43. The Hall–Kier alpha value is -3.15. The smallest absolute Gasteiger partial charge is 0.311 e. The van der Waals surface area contributed by atoms with Crippen LogP contribution < -0.4 is 4.90 Å². The summed E-state index contributed by atoms with van der Waals surface area (Å²) in [4.78, 5) is 31.1. The van der Waals surface area contributed by atoms with Crippen LogP contribution in [-0.2, 0) is 27.4 Å². The number of amides is 1. The lowest BCUT2D eigenvalue weighted by Gasteiger charge is -2.19. The number of nitrogens with zero attached hydrogens (tertiary/aromatic N) is 3. The van der Waals surface area contributed by atoms with Crippen LogP contribution in [0.15, 0.2) is 54.9 Å². The van der Waals surface area contributed by atoms with Gasteiger partial charge in [0.1, 0.15) is 12.3 Å². The van der Waals surface area contributed by atoms with Crippen LogP contribution in [0.5, 0.6) is 0 Å². The maximum absolute atomic E-state index is 12.5. The molecular weight excluding hydrogens is 342 g/mol. The van der Waals surface area contributed by atoms with E-state index in [0.29, 0.717) is 12.2 Å². The van der Waals surface area contributed by atoms with Crippen LogP contribution in [0.25, 0.3) is 5.65 Å². The van der Waals surface area contributed by atoms with E-state index in [9.17, 15) is 9.59 Å². The number of para-hydroxylation sites is 1. The monoisotopic (exact) mass is 363 g/mol. The third-order valence-electron chi connectivity index (χ3n) is 4.90. The first-order valence-corrected chi connectivity index (χ1v) is 9.13. The lowest BCUT2D eigenvalue weighted by Crippen LogP contribution is -2.27. The second-order valence-corrected chi connectivity index (χ2v) is 6.69. The lowest BCUT2D eigenvalue weighted by molar-refractivity contribution is -0.149. The molecule has 0 saturated carbocycles. The van der Waals surface area contributed by atoms with E-state index in [1.807, 2.05) is 59.3 Å². The molecule has 1 aromatic carbocycles. The van der Waals surface area contributed by atoms with Gasteiger partial charge in [-0.3, -0.25) is 9.59 Å². The highest BCUT2D eigenvalue weighted by Gasteiger charge is 2.36. The SMILES string of the molecule is CCc1ccccc1N1C[C@H](C(=O)OCc2cn3ccccc3n2)CC1=O. The highest BCUT2D eigenvalue weighted by Crippen LogP contribution is 2.29. The molecule has 0 aliphatic carbocycles. The summed E-state index contributed by atoms with van der Waals surface area (Å²) in [6.45, 7) is 2.52. The first kappa shape index (κ1) is 17.3. The number of anilines is 1. The normalized spacial score (nSPS) is 16.9. The Morgan fingerprint density at radius 1 is 1.22 bits per heavy atom. The van der Waals surface area contributed by atoms with Crippen molar-refractivity contribution in [2.45, 2.75) is 26.4 Å². The number of esters is 1. The fourth-order valence-electron chi connectivity index (χ4n) is 3.49. The average Bonchev–Trinajstić information content (AvgIpc) is 3.29. The van der Waals surface area contributed by atoms with Gasteiger partial charge in [0.2, 0.25) is 5.91 Å². The highest BCUT2D eigenvalue weighted by molar-refractivity contribution is 6.00. The molecule has 0 N–H and O–H groups in total. The Labute approximate surface area is 157 Å². The van der Waals surface area contributed by atoms with Gasteiger partial charge in [0, 0.05) is 31.0 Å². The second kappa shape index (κ2) is 7.23. The van der Waals surface area contributed by atoms with E-state index in [1.54, 1.807) is 4.90 Å². The van der Waals surface area contributed by atoms with Gasteiger partial charge in [-0.15, -0.1) is 0 Å². The van der Waals surface area contributed by atoms with E-state index in [2.05, 4.69) is 11.9 Å². The third-order valence-corrected chi connectivity index (χ3v) is 4.90. The minimum absolute atomic E-state index is 0.0365. The molecule has 138 valence electrons. The van der Waals surface area contributed by atoms with E-state index in [-0.39, 0.29) is 24.9 Å². The van der Waals surface area contributed by atoms with Crippen LogP contribution in [0.1, 0.15) is 24.6 Å². The van der Waals surface area contributed by atoms with Gasteiger partial charge in [0.15, 0.2) is 0 Å². The van der Waals surface area contributed by atoms with E-state index in [1.165, 1.54) is 0 Å². The van der Waals surface area contributed by atoms with Crippen LogP contribution in [-0.4, -0.2) is 27.8 Å². The molecule has 3 aromatic rings. The Morgan fingerprint density at radius 3 is 2.85 bits per heavy atom. The van der Waals surface area contributed by atoms with Gasteiger partial charge in [0.25, 0.3) is 0 Å². The van der Waals surface area contributed by atoms with Crippen LogP contribution in [0, 0.1) is 5.92 Å². The van der Waals surface area contributed by atoms with E-state index in [4.69, 9.17) is 4.74 Å². The molecule has 1 amide bonds. The molecule has 3 heterocycles. The summed E-state index contributed by atoms with van der Waals surface area (Å²) in [5.41, 5.74) is 3.49. The zero-order valence-corrected chi connectivity index (χ0v) is 15.2. The summed E-state index contributed by atoms with van der Waals surface area (Å²) in [6.07, 6.45) is 4.75. The number of aromatic nitrogens is 2. The fourth-order valence-corrected chi connectivity index (χ4v) is 3.49. The molecule has 1 aliphatic rings. The fraction of sp³-hybridized carbons (Fsp3) is 0.286. The summed E-state index contributed by atoms with van der Waals surface area (Å²) in [5.74, 6) is -0.832. The summed E-state index contributed by atoms with van der Waals surface area (Å²) in [7, 11) is 0. The van der Waals surface area contributed by atoms with Crippen LogP contribution in [0.3, 0.4) is 0 Å². The van der Waals surface area contributed by atoms with Crippen LogP contribution >= 0.6 is 0 Å². The molecule has 1 atom stereocenters. The van der Waals surface area contributed by atoms with Crippen molar-refractivity contribution < 1.29 is 14.3 Å². The number of fused-ring (bicyclic) bond motifs is 1. The standard InChI is InChI=1S/C21H21N3O3/c1-2-15-7-3-4-8-18(15)24-12-16(11-20(24)25)21(26)27-14-17-13-23-10-6-5-9-19(23)22-17/h3-10,13,16H,2,11-12,14H2,1H3/t16-/m1/s1. The van der Waals surface area contributed by atoms with Crippen molar-refractivity contribution in [3.63, 3.8) is 0 Å². The molecule has 1 fully saturated rings. The van der Waals surface area contributed by atoms with Crippen molar-refractivity contribution in [1.29, 1.82) is 0 Å². The molecule has 6 heteroatoms. The quantitative estimate of drug-likeness (QED) is 0.654. The number of rotatable bonds is 5. The van der Waals surface area contributed by atoms with Gasteiger partial charge in [-0.25, -0.2) is 4.98 Å². The van der Waals surface area contributed by atoms with Crippen LogP contribution in [0.4, 0.5) is 5.69 Å². The zero-order chi connectivity index (χ0) is 18.8. The molecule has 4 rings (SSSR count). The number of carbonyl (C=O) groups excluding carboxylic acids is 2. The molecular formula is C21H21N3O3. The summed E-state index contributed by atoms with van der Waals surface area (Å²) in [5, 5.41) is 0. The first-order chi connectivity index (χ1) is 13.2. The van der Waals surface area contributed by atoms with Crippen molar-refractivity contribution in [3.05, 3.63) is 66.1 Å². The Balaban J connectivity index is 1.41. The van der Waals surface area contributed by atoms with Gasteiger partial charge in [-0.1, -0.05) is 31.2 Å². The Bertz CT molecular complexity index is 962. The van der Waals surface area contributed by atoms with Gasteiger partial charge >= 0.3 is 5.97 Å². The van der Waals surface area contributed by atoms with Crippen molar-refractivity contribution in [2.24, 2.45) is 5.92 Å². The van der Waals surface area contributed by atoms with E-state index in [0.717, 1.165) is 23.3 Å². The maximum atomic E-state index is 12.5. The van der Waals surface area contributed by atoms with Gasteiger partial charge in [-0.05, 0) is 30.2 Å². The average molecular weight is 363 g/mol. The highest BCUT2D eigenvalue weighted by atomic mass is 16.5. The van der Waals surface area contributed by atoms with Crippen LogP contribution in [0.2, 0.25) is 0 Å². The number of hydrogen-bond donors (Lipinski definition) is 0. The summed E-state index contributed by atoms with van der Waals surface area (Å²) >= 11 is 0. The molecule has 0 radical (unpaired) electrons. The Morgan fingerprint density at radius 2 is 2.04 bits per heavy atom. The summed E-state index contributed by atoms with van der Waals surface area (Å²) in [6, 6.07) is 13.5. The zero-order valence-electron chi connectivity index (χ0n) is 15.2. The molecule has 6 nitrogen and oxygen atoms in total. The Kier molecular flexibility index (Phi) is 4.62. The molecule has 0 bridgehead atoms. The molecule has 1 saturated heterocycles. The second-order valence-electron chi connectivity index (χ2n) is 6.69. The number of pyridine rings is 1. The number of carbonyl (C=O) groups is 2. The summed E-state index contributed by atoms with van der Waals surface area (Å²) < 4.78 is 7.32. The van der Waals surface area contributed by atoms with Gasteiger partial charge in [-0.2, -0.15) is 0 Å². The number of hydrogen-bond acceptors (Lipinski definition) is 4. The minimum atomic E-state index is -0.445. The molecule has 27 heavy (non-hydrogen) atoms. The topological polar surface area (TPSA) is 63.9 Å². The molecule has 0 unspecified atom stereocenters. The molecule has 0 spiro atoms. The molecule has 2 aromatic heterocycles. The van der Waals surface area contributed by atoms with Crippen molar-refractivity contribution in [2.75, 3.05) is 11.4 Å². The predicted molar refractivity (Wildman–Crippen MR) is 101 cm³/mol. The number of imidazole rings is 1.